The Kier molecular flexibility index (Phi) is 3.01. The minimum atomic E-state index is -0.715. The molecule has 4 aliphatic carbocycles. The Labute approximate surface area is 148 Å². The van der Waals surface area contributed by atoms with Crippen LogP contribution in [0.3, 0.4) is 0 Å². The molecule has 0 aromatic rings. The zero-order valence-corrected chi connectivity index (χ0v) is 15.0. The summed E-state index contributed by atoms with van der Waals surface area (Å²) in [5.41, 5.74) is 0.419. The first-order valence-corrected chi connectivity index (χ1v) is 9.63. The van der Waals surface area contributed by atoms with Crippen LogP contribution in [-0.4, -0.2) is 35.0 Å². The van der Waals surface area contributed by atoms with Crippen LogP contribution < -0.4 is 0 Å². The Balaban J connectivity index is 1.51. The molecule has 25 heavy (non-hydrogen) atoms. The first kappa shape index (κ1) is 16.0. The van der Waals surface area contributed by atoms with Gasteiger partial charge in [0.15, 0.2) is 17.2 Å². The van der Waals surface area contributed by atoms with Gasteiger partial charge in [-0.1, -0.05) is 25.5 Å². The molecule has 5 rings (SSSR count). The molecule has 0 aromatic heterocycles. The van der Waals surface area contributed by atoms with Gasteiger partial charge >= 0.3 is 0 Å². The van der Waals surface area contributed by atoms with Crippen LogP contribution in [-0.2, 0) is 14.3 Å². The molecule has 0 bridgehead atoms. The number of epoxide rings is 1. The van der Waals surface area contributed by atoms with E-state index in [1.165, 1.54) is 5.57 Å². The first-order valence-electron chi connectivity index (χ1n) is 9.63. The van der Waals surface area contributed by atoms with E-state index in [4.69, 9.17) is 4.74 Å². The summed E-state index contributed by atoms with van der Waals surface area (Å²) in [4.78, 5) is 24.3. The molecule has 0 spiro atoms. The fourth-order valence-electron chi connectivity index (χ4n) is 7.23. The Morgan fingerprint density at radius 1 is 1.32 bits per heavy atom. The third-order valence-corrected chi connectivity index (χ3v) is 8.54. The molecule has 134 valence electrons. The number of fused-ring (bicyclic) bond motifs is 7. The lowest BCUT2D eigenvalue weighted by Crippen LogP contribution is -2.54. The van der Waals surface area contributed by atoms with Gasteiger partial charge in [-0.2, -0.15) is 0 Å². The number of carbonyl (C=O) groups is 2. The summed E-state index contributed by atoms with van der Waals surface area (Å²) in [6.45, 7) is 4.10. The largest absolute Gasteiger partial charge is 0.388 e. The van der Waals surface area contributed by atoms with Crippen molar-refractivity contribution in [1.82, 2.24) is 0 Å². The molecular weight excluding hydrogens is 316 g/mol. The van der Waals surface area contributed by atoms with Crippen molar-refractivity contribution >= 4 is 11.6 Å². The fourth-order valence-corrected chi connectivity index (χ4v) is 7.23. The van der Waals surface area contributed by atoms with E-state index in [2.05, 4.69) is 19.9 Å². The molecule has 1 unspecified atom stereocenters. The third-order valence-electron chi connectivity index (χ3n) is 8.54. The van der Waals surface area contributed by atoms with E-state index in [-0.39, 0.29) is 28.5 Å². The monoisotopic (exact) mass is 342 g/mol. The highest BCUT2D eigenvalue weighted by Crippen LogP contribution is 2.73. The molecule has 4 heteroatoms. The molecule has 1 N–H and O–H groups in total. The zero-order chi connectivity index (χ0) is 17.6. The molecule has 0 radical (unpaired) electrons. The normalized spacial score (nSPS) is 52.6. The number of ketones is 2. The Bertz CT molecular complexity index is 736. The standard InChI is InChI=1S/C21H26O4/c1-19-7-5-13(23)9-12(19)3-4-14-15(19)6-8-20(2)16(14)10-18-21(20,25-18)17(24)11-22/h5,7,9,14-16,18,22H,3-4,6,8,10-11H2,1-2H3/t14-,15+,16+,18?,19+,20+,21-/m1/s1. The fraction of sp³-hybridized carbons (Fsp3) is 0.714. The van der Waals surface area contributed by atoms with Crippen molar-refractivity contribution in [1.29, 1.82) is 0 Å². The topological polar surface area (TPSA) is 66.9 Å². The van der Waals surface area contributed by atoms with Gasteiger partial charge in [0.25, 0.3) is 0 Å². The second kappa shape index (κ2) is 4.72. The van der Waals surface area contributed by atoms with E-state index >= 15 is 0 Å². The molecule has 1 heterocycles. The summed E-state index contributed by atoms with van der Waals surface area (Å²) in [5.74, 6) is 1.58. The van der Waals surface area contributed by atoms with Gasteiger partial charge in [-0.05, 0) is 62.0 Å². The number of carbonyl (C=O) groups excluding carboxylic acids is 2. The maximum absolute atomic E-state index is 12.5. The molecule has 1 saturated heterocycles. The third kappa shape index (κ3) is 1.71. The van der Waals surface area contributed by atoms with Crippen LogP contribution >= 0.6 is 0 Å². The molecule has 4 fully saturated rings. The van der Waals surface area contributed by atoms with Crippen LogP contribution in [0.1, 0.15) is 46.0 Å². The molecule has 4 nitrogen and oxygen atoms in total. The van der Waals surface area contributed by atoms with E-state index in [9.17, 15) is 14.7 Å². The number of aliphatic hydroxyl groups excluding tert-OH is 1. The Hall–Kier alpha value is -1.26. The minimum Gasteiger partial charge on any atom is -0.388 e. The van der Waals surface area contributed by atoms with Crippen LogP contribution in [0.15, 0.2) is 23.8 Å². The summed E-state index contributed by atoms with van der Waals surface area (Å²) in [6.07, 6.45) is 10.8. The summed E-state index contributed by atoms with van der Waals surface area (Å²) in [7, 11) is 0. The quantitative estimate of drug-likeness (QED) is 0.784. The van der Waals surface area contributed by atoms with Crippen molar-refractivity contribution in [2.24, 2.45) is 28.6 Å². The maximum atomic E-state index is 12.5. The average Bonchev–Trinajstić information content (AvgIpc) is 3.27. The molecule has 0 amide bonds. The maximum Gasteiger partial charge on any atom is 0.193 e. The van der Waals surface area contributed by atoms with E-state index in [1.807, 2.05) is 6.08 Å². The Morgan fingerprint density at radius 3 is 2.88 bits per heavy atom. The highest BCUT2D eigenvalue weighted by atomic mass is 16.6. The van der Waals surface area contributed by atoms with Gasteiger partial charge in [0, 0.05) is 10.8 Å². The predicted molar refractivity (Wildman–Crippen MR) is 91.7 cm³/mol. The number of aliphatic hydroxyl groups is 1. The van der Waals surface area contributed by atoms with Crippen LogP contribution in [0, 0.1) is 28.6 Å². The van der Waals surface area contributed by atoms with Gasteiger partial charge in [0.1, 0.15) is 6.61 Å². The van der Waals surface area contributed by atoms with Crippen molar-refractivity contribution in [2.45, 2.75) is 57.7 Å². The second-order valence-corrected chi connectivity index (χ2v) is 9.22. The smallest absolute Gasteiger partial charge is 0.193 e. The summed E-state index contributed by atoms with van der Waals surface area (Å²) < 4.78 is 5.91. The van der Waals surface area contributed by atoms with Crippen LogP contribution in [0.5, 0.6) is 0 Å². The van der Waals surface area contributed by atoms with Gasteiger partial charge in [-0.3, -0.25) is 9.59 Å². The number of hydrogen-bond donors (Lipinski definition) is 1. The molecule has 0 aromatic carbocycles. The highest BCUT2D eigenvalue weighted by molar-refractivity contribution is 6.01. The number of hydrogen-bond acceptors (Lipinski definition) is 4. The van der Waals surface area contributed by atoms with Gasteiger partial charge in [0.05, 0.1) is 6.10 Å². The summed E-state index contributed by atoms with van der Waals surface area (Å²) >= 11 is 0. The second-order valence-electron chi connectivity index (χ2n) is 9.22. The first-order chi connectivity index (χ1) is 11.9. The molecule has 3 saturated carbocycles. The lowest BCUT2D eigenvalue weighted by molar-refractivity contribution is -0.139. The van der Waals surface area contributed by atoms with Crippen LogP contribution in [0.2, 0.25) is 0 Å². The molecule has 5 aliphatic rings. The highest BCUT2D eigenvalue weighted by Gasteiger charge is 2.79. The van der Waals surface area contributed by atoms with Crippen molar-refractivity contribution in [2.75, 3.05) is 6.61 Å². The number of allylic oxidation sites excluding steroid dienone is 4. The van der Waals surface area contributed by atoms with Gasteiger partial charge in [0.2, 0.25) is 0 Å². The number of ether oxygens (including phenoxy) is 1. The number of rotatable bonds is 2. The lowest BCUT2D eigenvalue weighted by Gasteiger charge is -2.57. The van der Waals surface area contributed by atoms with Crippen LogP contribution in [0.4, 0.5) is 0 Å². The Morgan fingerprint density at radius 2 is 2.12 bits per heavy atom. The van der Waals surface area contributed by atoms with E-state index < -0.39 is 12.2 Å². The van der Waals surface area contributed by atoms with Crippen molar-refractivity contribution in [3.8, 4) is 0 Å². The van der Waals surface area contributed by atoms with Gasteiger partial charge in [-0.15, -0.1) is 0 Å². The van der Waals surface area contributed by atoms with E-state index in [0.717, 1.165) is 32.1 Å². The van der Waals surface area contributed by atoms with Crippen LogP contribution in [0.25, 0.3) is 0 Å². The van der Waals surface area contributed by atoms with E-state index in [1.54, 1.807) is 6.08 Å². The zero-order valence-electron chi connectivity index (χ0n) is 15.0. The van der Waals surface area contributed by atoms with E-state index in [0.29, 0.717) is 17.8 Å². The summed E-state index contributed by atoms with van der Waals surface area (Å²) in [6, 6.07) is 0. The van der Waals surface area contributed by atoms with Crippen molar-refractivity contribution in [3.63, 3.8) is 0 Å². The van der Waals surface area contributed by atoms with Crippen molar-refractivity contribution in [3.05, 3.63) is 23.8 Å². The number of Topliss-reactive ketones (excluding diaryl/α,β-unsaturated/α-hetero) is 1. The lowest BCUT2D eigenvalue weighted by atomic mass is 9.47. The SMILES string of the molecule is C[C@]12C=CC(=O)C=C1CC[C@@H]1[C@@H]2CC[C@@]2(C)[C@H]1CC1O[C@]12C(=O)CO. The molecule has 1 aliphatic heterocycles. The molecular formula is C21H26O4. The summed E-state index contributed by atoms with van der Waals surface area (Å²) in [5, 5.41) is 9.47. The average molecular weight is 342 g/mol. The van der Waals surface area contributed by atoms with Gasteiger partial charge in [-0.25, -0.2) is 0 Å². The predicted octanol–water partition coefficient (Wildman–Crippen LogP) is 2.60. The van der Waals surface area contributed by atoms with Gasteiger partial charge < -0.3 is 9.84 Å². The molecule has 7 atom stereocenters. The minimum absolute atomic E-state index is 0.00845. The van der Waals surface area contributed by atoms with Crippen molar-refractivity contribution < 1.29 is 19.4 Å².